The summed E-state index contributed by atoms with van der Waals surface area (Å²) in [4.78, 5) is 26.5. The number of amides is 1. The minimum atomic E-state index is -4.44. The summed E-state index contributed by atoms with van der Waals surface area (Å²) in [6, 6.07) is 5.02. The fourth-order valence-electron chi connectivity index (χ4n) is 5.27. The molecule has 2 aliphatic rings. The SMILES string of the molecule is Cl.Cl.NC1CCC(Nc2nc(NCCNC(=O)c3ccc(C(F)(F)F)cc3)c3ncn(C4CCCC4)c3n2)CC1. The van der Waals surface area contributed by atoms with Gasteiger partial charge in [0, 0.05) is 36.8 Å². The molecule has 9 nitrogen and oxygen atoms in total. The van der Waals surface area contributed by atoms with Gasteiger partial charge in [0.05, 0.1) is 11.9 Å². The van der Waals surface area contributed by atoms with E-state index in [-0.39, 0.29) is 49.0 Å². The Morgan fingerprint density at radius 3 is 2.30 bits per heavy atom. The predicted octanol–water partition coefficient (Wildman–Crippen LogP) is 5.33. The van der Waals surface area contributed by atoms with Gasteiger partial charge in [-0.15, -0.1) is 24.8 Å². The van der Waals surface area contributed by atoms with Crippen LogP contribution in [0.3, 0.4) is 0 Å². The Hall–Kier alpha value is -2.83. The van der Waals surface area contributed by atoms with E-state index in [9.17, 15) is 18.0 Å². The van der Waals surface area contributed by atoms with Crippen LogP contribution in [0.25, 0.3) is 11.2 Å². The third kappa shape index (κ3) is 7.46. The number of fused-ring (bicyclic) bond motifs is 1. The Bertz CT molecular complexity index is 1260. The average Bonchev–Trinajstić information content (AvgIpc) is 3.57. The van der Waals surface area contributed by atoms with Crippen LogP contribution in [-0.4, -0.2) is 50.6 Å². The van der Waals surface area contributed by atoms with Crippen molar-refractivity contribution in [2.24, 2.45) is 5.73 Å². The van der Waals surface area contributed by atoms with E-state index in [1.807, 2.05) is 6.33 Å². The lowest BCUT2D eigenvalue weighted by atomic mass is 9.92. The second-order valence-corrected chi connectivity index (χ2v) is 10.2. The van der Waals surface area contributed by atoms with E-state index < -0.39 is 17.6 Å². The van der Waals surface area contributed by atoms with Crippen molar-refractivity contribution < 1.29 is 18.0 Å². The lowest BCUT2D eigenvalue weighted by Gasteiger charge is -2.27. The molecule has 0 spiro atoms. The molecule has 0 radical (unpaired) electrons. The van der Waals surface area contributed by atoms with E-state index >= 15 is 0 Å². The minimum absolute atomic E-state index is 0. The number of hydrogen-bond acceptors (Lipinski definition) is 7. The quantitative estimate of drug-likeness (QED) is 0.257. The average molecular weight is 604 g/mol. The first-order valence-electron chi connectivity index (χ1n) is 13.2. The van der Waals surface area contributed by atoms with Crippen LogP contribution in [0, 0.1) is 0 Å². The number of imidazole rings is 1. The molecule has 0 saturated heterocycles. The van der Waals surface area contributed by atoms with Gasteiger partial charge in [-0.05, 0) is 62.8 Å². The summed E-state index contributed by atoms with van der Waals surface area (Å²) in [6.45, 7) is 0.602. The summed E-state index contributed by atoms with van der Waals surface area (Å²) >= 11 is 0. The number of halogens is 5. The van der Waals surface area contributed by atoms with Gasteiger partial charge in [0.1, 0.15) is 0 Å². The number of nitrogens with two attached hydrogens (primary N) is 1. The highest BCUT2D eigenvalue weighted by atomic mass is 35.5. The highest BCUT2D eigenvalue weighted by Crippen LogP contribution is 2.33. The minimum Gasteiger partial charge on any atom is -0.366 e. The molecule has 0 aliphatic heterocycles. The maximum absolute atomic E-state index is 12.8. The molecular weight excluding hydrogens is 568 g/mol. The molecule has 220 valence electrons. The zero-order valence-corrected chi connectivity index (χ0v) is 23.5. The fourth-order valence-corrected chi connectivity index (χ4v) is 5.27. The molecule has 2 saturated carbocycles. The van der Waals surface area contributed by atoms with Gasteiger partial charge < -0.3 is 26.3 Å². The highest BCUT2D eigenvalue weighted by Gasteiger charge is 2.30. The Morgan fingerprint density at radius 1 is 0.975 bits per heavy atom. The van der Waals surface area contributed by atoms with Crippen molar-refractivity contribution in [3.63, 3.8) is 0 Å². The van der Waals surface area contributed by atoms with E-state index in [0.717, 1.165) is 56.3 Å². The van der Waals surface area contributed by atoms with Gasteiger partial charge in [-0.3, -0.25) is 4.79 Å². The molecule has 14 heteroatoms. The molecule has 1 aromatic carbocycles. The van der Waals surface area contributed by atoms with Crippen LogP contribution in [0.4, 0.5) is 24.9 Å². The number of carbonyl (C=O) groups excluding carboxylic acids is 1. The first kappa shape index (κ1) is 31.7. The second-order valence-electron chi connectivity index (χ2n) is 10.2. The molecule has 2 aromatic heterocycles. The Morgan fingerprint density at radius 2 is 1.65 bits per heavy atom. The highest BCUT2D eigenvalue weighted by molar-refractivity contribution is 5.94. The molecule has 0 atom stereocenters. The van der Waals surface area contributed by atoms with Gasteiger partial charge >= 0.3 is 6.18 Å². The van der Waals surface area contributed by atoms with Crippen LogP contribution in [0.15, 0.2) is 30.6 Å². The summed E-state index contributed by atoms with van der Waals surface area (Å²) in [5.41, 5.74) is 6.88. The van der Waals surface area contributed by atoms with Gasteiger partial charge in [-0.25, -0.2) is 4.98 Å². The van der Waals surface area contributed by atoms with E-state index in [1.165, 1.54) is 25.0 Å². The van der Waals surface area contributed by atoms with Crippen LogP contribution in [0.2, 0.25) is 0 Å². The molecular formula is C26H35Cl2F3N8O. The first-order valence-corrected chi connectivity index (χ1v) is 13.2. The van der Waals surface area contributed by atoms with Gasteiger partial charge in [0.15, 0.2) is 17.0 Å². The second kappa shape index (κ2) is 13.7. The van der Waals surface area contributed by atoms with Crippen molar-refractivity contribution in [2.75, 3.05) is 23.7 Å². The standard InChI is InChI=1S/C26H33F3N8O.2ClH/c27-26(28,29)17-7-5-16(6-8-17)24(38)32-14-13-31-22-21-23(37(15-33-21)20-3-1-2-4-20)36-25(35-22)34-19-11-9-18(30)10-12-19;;/h5-8,15,18-20H,1-4,9-14,30H2,(H,32,38)(H2,31,34,35,36);2*1H. The Balaban J connectivity index is 0.00000220. The molecule has 3 aromatic rings. The van der Waals surface area contributed by atoms with Crippen LogP contribution < -0.4 is 21.7 Å². The van der Waals surface area contributed by atoms with Gasteiger partial charge in [0.25, 0.3) is 5.91 Å². The molecule has 1 amide bonds. The number of anilines is 2. The zero-order chi connectivity index (χ0) is 26.7. The van der Waals surface area contributed by atoms with Crippen LogP contribution >= 0.6 is 24.8 Å². The molecule has 2 aliphatic carbocycles. The van der Waals surface area contributed by atoms with Gasteiger partial charge in [0.2, 0.25) is 5.95 Å². The van der Waals surface area contributed by atoms with Crippen molar-refractivity contribution in [1.82, 2.24) is 24.8 Å². The zero-order valence-electron chi connectivity index (χ0n) is 21.9. The number of benzene rings is 1. The van der Waals surface area contributed by atoms with Crippen LogP contribution in [-0.2, 0) is 6.18 Å². The van der Waals surface area contributed by atoms with E-state index in [1.54, 1.807) is 0 Å². The van der Waals surface area contributed by atoms with E-state index in [0.29, 0.717) is 29.9 Å². The largest absolute Gasteiger partial charge is 0.416 e. The van der Waals surface area contributed by atoms with E-state index in [4.69, 9.17) is 15.7 Å². The van der Waals surface area contributed by atoms with Crippen molar-refractivity contribution in [3.8, 4) is 0 Å². The summed E-state index contributed by atoms with van der Waals surface area (Å²) < 4.78 is 40.5. The lowest BCUT2D eigenvalue weighted by Crippen LogP contribution is -2.33. The maximum Gasteiger partial charge on any atom is 0.416 e. The number of nitrogens with zero attached hydrogens (tertiary/aromatic N) is 4. The maximum atomic E-state index is 12.8. The third-order valence-corrected chi connectivity index (χ3v) is 7.42. The number of carbonyl (C=O) groups is 1. The molecule has 5 rings (SSSR count). The lowest BCUT2D eigenvalue weighted by molar-refractivity contribution is -0.137. The number of rotatable bonds is 8. The van der Waals surface area contributed by atoms with Crippen molar-refractivity contribution in [3.05, 3.63) is 41.7 Å². The number of aromatic nitrogens is 4. The molecule has 5 N–H and O–H groups in total. The topological polar surface area (TPSA) is 123 Å². The van der Waals surface area contributed by atoms with Crippen LogP contribution in [0.5, 0.6) is 0 Å². The Kier molecular flexibility index (Phi) is 10.8. The van der Waals surface area contributed by atoms with Gasteiger partial charge in [-0.1, -0.05) is 12.8 Å². The summed E-state index contributed by atoms with van der Waals surface area (Å²) in [5, 5.41) is 9.47. The predicted molar refractivity (Wildman–Crippen MR) is 153 cm³/mol. The van der Waals surface area contributed by atoms with Crippen molar-refractivity contribution >= 4 is 53.7 Å². The first-order chi connectivity index (χ1) is 18.3. The number of hydrogen-bond donors (Lipinski definition) is 4. The molecule has 2 heterocycles. The fraction of sp³-hybridized carbons (Fsp3) is 0.538. The van der Waals surface area contributed by atoms with Crippen molar-refractivity contribution in [1.29, 1.82) is 0 Å². The van der Waals surface area contributed by atoms with Crippen LogP contribution in [0.1, 0.15) is 73.3 Å². The molecule has 0 bridgehead atoms. The number of nitrogens with one attached hydrogen (secondary N) is 3. The van der Waals surface area contributed by atoms with Crippen molar-refractivity contribution in [2.45, 2.75) is 75.7 Å². The van der Waals surface area contributed by atoms with E-state index in [2.05, 4.69) is 25.5 Å². The monoisotopic (exact) mass is 602 g/mol. The molecule has 2 fully saturated rings. The summed E-state index contributed by atoms with van der Waals surface area (Å²) in [7, 11) is 0. The molecule has 0 unspecified atom stereocenters. The Labute approximate surface area is 243 Å². The number of alkyl halides is 3. The summed E-state index contributed by atoms with van der Waals surface area (Å²) in [6.07, 6.45) is 5.80. The molecule has 40 heavy (non-hydrogen) atoms. The smallest absolute Gasteiger partial charge is 0.366 e. The third-order valence-electron chi connectivity index (χ3n) is 7.42. The van der Waals surface area contributed by atoms with Gasteiger partial charge in [-0.2, -0.15) is 23.1 Å². The summed E-state index contributed by atoms with van der Waals surface area (Å²) in [5.74, 6) is 0.663. The normalized spacial score (nSPS) is 19.5.